The number of carbonyl (C=O) groups excluding carboxylic acids is 5. The van der Waals surface area contributed by atoms with Crippen LogP contribution in [0.4, 0.5) is 18.0 Å². The number of primary amides is 1. The highest BCUT2D eigenvalue weighted by molar-refractivity contribution is 6.37. The summed E-state index contributed by atoms with van der Waals surface area (Å²) < 4.78 is 44.4. The first-order valence-electron chi connectivity index (χ1n) is 13.1. The molecule has 1 saturated heterocycles. The summed E-state index contributed by atoms with van der Waals surface area (Å²) in [7, 11) is 0. The topological polar surface area (TPSA) is 148 Å². The van der Waals surface area contributed by atoms with Crippen molar-refractivity contribution in [2.75, 3.05) is 6.54 Å². The van der Waals surface area contributed by atoms with Crippen LogP contribution in [0.3, 0.4) is 0 Å². The summed E-state index contributed by atoms with van der Waals surface area (Å²) in [6.45, 7) is 10.4. The number of alkyl carbamates (subject to hydrolysis) is 1. The second-order valence-corrected chi connectivity index (χ2v) is 13.2. The number of ether oxygens (including phenoxy) is 1. The van der Waals surface area contributed by atoms with E-state index in [4.69, 9.17) is 5.73 Å². The molecule has 3 fully saturated rings. The molecule has 3 unspecified atom stereocenters. The van der Waals surface area contributed by atoms with E-state index >= 15 is 0 Å². The zero-order valence-electron chi connectivity index (χ0n) is 23.4. The van der Waals surface area contributed by atoms with Gasteiger partial charge in [-0.25, -0.2) is 4.79 Å². The predicted octanol–water partition coefficient (Wildman–Crippen LogP) is 2.29. The van der Waals surface area contributed by atoms with Crippen molar-refractivity contribution < 1.29 is 41.9 Å². The highest BCUT2D eigenvalue weighted by Gasteiger charge is 2.70. The van der Waals surface area contributed by atoms with Gasteiger partial charge in [0.15, 0.2) is 0 Å². The average Bonchev–Trinajstić information content (AvgIpc) is 3.61. The number of fused-ring (bicyclic) bond motifs is 1. The van der Waals surface area contributed by atoms with E-state index in [1.54, 1.807) is 20.8 Å². The number of carbonyl (C=O) groups is 5. The molecule has 13 heteroatoms. The van der Waals surface area contributed by atoms with Crippen LogP contribution in [-0.4, -0.2) is 70.9 Å². The van der Waals surface area contributed by atoms with E-state index < -0.39 is 64.9 Å². The molecule has 2 aliphatic carbocycles. The zero-order valence-corrected chi connectivity index (χ0v) is 23.4. The molecule has 3 aliphatic rings. The van der Waals surface area contributed by atoms with Crippen molar-refractivity contribution in [2.45, 2.75) is 97.6 Å². The van der Waals surface area contributed by atoms with Gasteiger partial charge in [0, 0.05) is 6.54 Å². The Morgan fingerprint density at radius 2 is 1.59 bits per heavy atom. The number of ketones is 1. The summed E-state index contributed by atoms with van der Waals surface area (Å²) >= 11 is 0. The third-order valence-electron chi connectivity index (χ3n) is 8.31. The van der Waals surface area contributed by atoms with E-state index in [2.05, 4.69) is 15.4 Å². The molecule has 4 N–H and O–H groups in total. The zero-order chi connectivity index (χ0) is 29.9. The molecule has 39 heavy (non-hydrogen) atoms. The van der Waals surface area contributed by atoms with Gasteiger partial charge in [-0.05, 0) is 48.9 Å². The van der Waals surface area contributed by atoms with Crippen LogP contribution in [0.15, 0.2) is 0 Å². The quantitative estimate of drug-likeness (QED) is 0.369. The molecule has 1 aliphatic heterocycles. The van der Waals surface area contributed by atoms with E-state index in [1.807, 2.05) is 13.8 Å². The van der Waals surface area contributed by atoms with Gasteiger partial charge in [0.1, 0.15) is 12.1 Å². The molecule has 0 spiro atoms. The second-order valence-electron chi connectivity index (χ2n) is 13.2. The maximum absolute atomic E-state index is 13.8. The summed E-state index contributed by atoms with van der Waals surface area (Å²) in [6.07, 6.45) is -4.27. The number of Topliss-reactive ketones (excluding diaryl/α,β-unsaturated/α-hetero) is 1. The number of likely N-dealkylation sites (tertiary alicyclic amines) is 1. The molecule has 0 aromatic rings. The van der Waals surface area contributed by atoms with E-state index in [1.165, 1.54) is 4.90 Å². The SMILES string of the molecule is CC(C)(C)[C@H](NC(=O)OC(C)(C)C(F)(F)F)C(=O)N1C[C@H]2C(C1C(=O)NC(CC1CC1)C(=O)C(N)=O)C2(C)C. The Morgan fingerprint density at radius 1 is 1.03 bits per heavy atom. The lowest BCUT2D eigenvalue weighted by Crippen LogP contribution is -2.61. The fourth-order valence-corrected chi connectivity index (χ4v) is 5.41. The van der Waals surface area contributed by atoms with Crippen LogP contribution in [0.2, 0.25) is 0 Å². The monoisotopic (exact) mass is 560 g/mol. The largest absolute Gasteiger partial charge is 0.434 e. The number of alkyl halides is 3. The first-order chi connectivity index (χ1) is 17.6. The van der Waals surface area contributed by atoms with Crippen LogP contribution >= 0.6 is 0 Å². The lowest BCUT2D eigenvalue weighted by molar-refractivity contribution is -0.244. The first kappa shape index (κ1) is 30.7. The minimum Gasteiger partial charge on any atom is -0.434 e. The van der Waals surface area contributed by atoms with Crippen molar-refractivity contribution >= 4 is 29.6 Å². The van der Waals surface area contributed by atoms with E-state index in [0.29, 0.717) is 13.8 Å². The van der Waals surface area contributed by atoms with E-state index in [9.17, 15) is 37.1 Å². The van der Waals surface area contributed by atoms with Gasteiger partial charge in [-0.2, -0.15) is 13.2 Å². The smallest absolute Gasteiger partial charge is 0.427 e. The molecule has 10 nitrogen and oxygen atoms in total. The molecule has 5 atom stereocenters. The van der Waals surface area contributed by atoms with Gasteiger partial charge in [0.05, 0.1) is 6.04 Å². The second kappa shape index (κ2) is 9.96. The molecule has 0 radical (unpaired) electrons. The Morgan fingerprint density at radius 3 is 2.05 bits per heavy atom. The van der Waals surface area contributed by atoms with Gasteiger partial charge >= 0.3 is 12.3 Å². The van der Waals surface area contributed by atoms with Crippen molar-refractivity contribution in [2.24, 2.45) is 34.3 Å². The third kappa shape index (κ3) is 6.32. The first-order valence-corrected chi connectivity index (χ1v) is 13.1. The lowest BCUT2D eigenvalue weighted by atomic mass is 9.85. The predicted molar refractivity (Wildman–Crippen MR) is 133 cm³/mol. The molecule has 1 heterocycles. The van der Waals surface area contributed by atoms with Crippen molar-refractivity contribution in [3.8, 4) is 0 Å². The fraction of sp³-hybridized carbons (Fsp3) is 0.808. The normalized spacial score (nSPS) is 25.7. The number of piperidine rings is 1. The van der Waals surface area contributed by atoms with Gasteiger partial charge in [-0.1, -0.05) is 47.5 Å². The summed E-state index contributed by atoms with van der Waals surface area (Å²) in [5.41, 5.74) is 1.16. The average molecular weight is 561 g/mol. The van der Waals surface area contributed by atoms with Gasteiger partial charge in [0.2, 0.25) is 23.2 Å². The number of nitrogens with zero attached hydrogens (tertiary/aromatic N) is 1. The number of nitrogens with two attached hydrogens (primary N) is 1. The van der Waals surface area contributed by atoms with Gasteiger partial charge < -0.3 is 26.0 Å². The molecular weight excluding hydrogens is 521 g/mol. The maximum Gasteiger partial charge on any atom is 0.427 e. The molecule has 0 bridgehead atoms. The lowest BCUT2D eigenvalue weighted by Gasteiger charge is -2.38. The molecule has 0 aromatic carbocycles. The van der Waals surface area contributed by atoms with Crippen LogP contribution in [0.1, 0.15) is 67.7 Å². The number of hydrogen-bond acceptors (Lipinski definition) is 6. The number of nitrogens with one attached hydrogen (secondary N) is 2. The highest BCUT2D eigenvalue weighted by atomic mass is 19.4. The summed E-state index contributed by atoms with van der Waals surface area (Å²) in [6, 6.07) is -3.44. The Labute approximate surface area is 225 Å². The van der Waals surface area contributed by atoms with Gasteiger partial charge in [-0.15, -0.1) is 0 Å². The van der Waals surface area contributed by atoms with E-state index in [-0.39, 0.29) is 36.1 Å². The third-order valence-corrected chi connectivity index (χ3v) is 8.31. The van der Waals surface area contributed by atoms with Crippen molar-refractivity contribution in [3.05, 3.63) is 0 Å². The number of halogens is 3. The van der Waals surface area contributed by atoms with Crippen LogP contribution < -0.4 is 16.4 Å². The van der Waals surface area contributed by atoms with Crippen LogP contribution in [0.5, 0.6) is 0 Å². The molecule has 220 valence electrons. The molecule has 0 aromatic heterocycles. The van der Waals surface area contributed by atoms with E-state index in [0.717, 1.165) is 12.8 Å². The van der Waals surface area contributed by atoms with Crippen LogP contribution in [0.25, 0.3) is 0 Å². The van der Waals surface area contributed by atoms with Crippen molar-refractivity contribution in [1.29, 1.82) is 0 Å². The summed E-state index contributed by atoms with van der Waals surface area (Å²) in [5.74, 6) is -3.45. The summed E-state index contributed by atoms with van der Waals surface area (Å²) in [4.78, 5) is 65.2. The fourth-order valence-electron chi connectivity index (χ4n) is 5.41. The minimum atomic E-state index is -4.84. The van der Waals surface area contributed by atoms with Crippen molar-refractivity contribution in [3.63, 3.8) is 0 Å². The number of hydrogen-bond donors (Lipinski definition) is 3. The van der Waals surface area contributed by atoms with Crippen LogP contribution in [-0.2, 0) is 23.9 Å². The molecular formula is C26H39F3N4O6. The molecule has 2 saturated carbocycles. The Hall–Kier alpha value is -2.86. The standard InChI is InChI=1S/C26H39F3N4O6/c1-23(2,3)18(32-22(38)39-25(6,7)26(27,28)29)21(37)33-11-13-15(24(13,4)5)16(33)20(36)31-14(10-12-8-9-12)17(34)19(30)35/h12-16,18H,8-11H2,1-7H3,(H2,30,35)(H,31,36)(H,32,38)/t13-,14?,15?,16?,18+/m0/s1. The number of amides is 4. The van der Waals surface area contributed by atoms with Crippen molar-refractivity contribution in [1.82, 2.24) is 15.5 Å². The minimum absolute atomic E-state index is 0.0392. The Kier molecular flexibility index (Phi) is 7.83. The Balaban J connectivity index is 1.83. The van der Waals surface area contributed by atoms with Gasteiger partial charge in [0.25, 0.3) is 5.91 Å². The van der Waals surface area contributed by atoms with Gasteiger partial charge in [-0.3, -0.25) is 19.2 Å². The Bertz CT molecular complexity index is 1050. The number of rotatable bonds is 9. The summed E-state index contributed by atoms with van der Waals surface area (Å²) in [5, 5.41) is 4.92. The van der Waals surface area contributed by atoms with Crippen LogP contribution in [0, 0.1) is 28.6 Å². The maximum atomic E-state index is 13.8. The highest BCUT2D eigenvalue weighted by Crippen LogP contribution is 2.65. The molecule has 4 amide bonds. The molecule has 3 rings (SSSR count).